The lowest BCUT2D eigenvalue weighted by atomic mass is 9.98. The first-order valence-corrected chi connectivity index (χ1v) is 14.1. The largest absolute Gasteiger partial charge is 0.423 e. The maximum Gasteiger partial charge on any atom is 0.341 e. The number of benzene rings is 3. The maximum atomic E-state index is 7.02. The molecule has 9 heteroatoms. The van der Waals surface area contributed by atoms with E-state index in [1.54, 1.807) is 12.5 Å². The van der Waals surface area contributed by atoms with Crippen molar-refractivity contribution in [3.63, 3.8) is 0 Å². The van der Waals surface area contributed by atoms with Crippen LogP contribution in [0.25, 0.3) is 21.5 Å². The molecule has 0 spiro atoms. The zero-order valence-electron chi connectivity index (χ0n) is 21.7. The molecule has 5 heterocycles. The molecular formula is C32H23N5O3S. The molecule has 41 heavy (non-hydrogen) atoms. The van der Waals surface area contributed by atoms with Crippen LogP contribution in [-0.4, -0.2) is 19.5 Å². The Bertz CT molecular complexity index is 1990. The van der Waals surface area contributed by atoms with Gasteiger partial charge >= 0.3 is 5.79 Å². The van der Waals surface area contributed by atoms with Gasteiger partial charge in [-0.25, -0.2) is 0 Å². The number of nitrogens with one attached hydrogen (secondary N) is 2. The van der Waals surface area contributed by atoms with E-state index in [1.165, 1.54) is 17.1 Å². The Morgan fingerprint density at radius 2 is 1.68 bits per heavy atom. The second-order valence-electron chi connectivity index (χ2n) is 9.88. The normalized spacial score (nSPS) is 16.0. The van der Waals surface area contributed by atoms with Gasteiger partial charge in [-0.3, -0.25) is 4.98 Å². The Morgan fingerprint density at radius 3 is 2.59 bits per heavy atom. The first-order valence-electron chi connectivity index (χ1n) is 13.2. The van der Waals surface area contributed by atoms with Crippen molar-refractivity contribution >= 4 is 33.1 Å². The number of hydrogen-bond acceptors (Lipinski definition) is 8. The van der Waals surface area contributed by atoms with Gasteiger partial charge in [0.15, 0.2) is 0 Å². The van der Waals surface area contributed by atoms with Gasteiger partial charge in [-0.05, 0) is 44.7 Å². The minimum absolute atomic E-state index is 0.162. The van der Waals surface area contributed by atoms with Gasteiger partial charge in [0.05, 0.1) is 11.6 Å². The molecule has 8 nitrogen and oxygen atoms in total. The third-order valence-electron chi connectivity index (χ3n) is 7.56. The molecule has 4 aromatic heterocycles. The molecule has 2 N–H and O–H groups in total. The predicted molar refractivity (Wildman–Crippen MR) is 156 cm³/mol. The van der Waals surface area contributed by atoms with Crippen molar-refractivity contribution in [1.82, 2.24) is 24.8 Å². The highest BCUT2D eigenvalue weighted by molar-refractivity contribution is 7.03. The van der Waals surface area contributed by atoms with Gasteiger partial charge < -0.3 is 24.3 Å². The molecule has 0 saturated heterocycles. The highest BCUT2D eigenvalue weighted by Gasteiger charge is 2.47. The van der Waals surface area contributed by atoms with Crippen molar-refractivity contribution in [2.45, 2.75) is 18.4 Å². The van der Waals surface area contributed by atoms with Crippen LogP contribution in [0.4, 0.5) is 0 Å². The zero-order chi connectivity index (χ0) is 27.2. The van der Waals surface area contributed by atoms with E-state index in [9.17, 15) is 0 Å². The number of aromatic amines is 1. The Balaban J connectivity index is 1.39. The zero-order valence-corrected chi connectivity index (χ0v) is 22.5. The van der Waals surface area contributed by atoms with Crippen molar-refractivity contribution in [2.75, 3.05) is 0 Å². The van der Waals surface area contributed by atoms with E-state index in [4.69, 9.17) is 19.0 Å². The number of fused-ring (bicyclic) bond motifs is 3. The van der Waals surface area contributed by atoms with Gasteiger partial charge in [0.1, 0.15) is 17.7 Å². The van der Waals surface area contributed by atoms with Crippen molar-refractivity contribution in [1.29, 1.82) is 0 Å². The van der Waals surface area contributed by atoms with Gasteiger partial charge in [-0.2, -0.15) is 4.37 Å². The first kappa shape index (κ1) is 23.9. The van der Waals surface area contributed by atoms with Crippen molar-refractivity contribution in [3.8, 4) is 11.8 Å². The standard InChI is InChI=1S/C32H23N5O3S/c1-5-11-24-20(7-1)13-15-33-29(24)32(39-27-14-16-41-37-27,30-25-12-6-3-9-22(25)18-35-30)40-31-26(19-38-36-31)28-23-10-4-2-8-21(23)17-34-28/h1-16,18-19,28,34-35H,17H2. The third-order valence-corrected chi connectivity index (χ3v) is 8.10. The molecule has 1 aliphatic rings. The van der Waals surface area contributed by atoms with Crippen molar-refractivity contribution in [2.24, 2.45) is 0 Å². The van der Waals surface area contributed by atoms with E-state index in [2.05, 4.69) is 32.0 Å². The molecule has 0 amide bonds. The number of ether oxygens (including phenoxy) is 2. The van der Waals surface area contributed by atoms with Gasteiger partial charge in [-0.1, -0.05) is 72.8 Å². The van der Waals surface area contributed by atoms with Gasteiger partial charge in [0.25, 0.3) is 5.88 Å². The summed E-state index contributed by atoms with van der Waals surface area (Å²) in [6.07, 6.45) is 5.34. The predicted octanol–water partition coefficient (Wildman–Crippen LogP) is 6.71. The molecule has 0 saturated carbocycles. The van der Waals surface area contributed by atoms with Crippen LogP contribution in [0.3, 0.4) is 0 Å². The summed E-state index contributed by atoms with van der Waals surface area (Å²) in [6.45, 7) is 0.734. The number of aromatic nitrogens is 4. The molecule has 0 aliphatic carbocycles. The Kier molecular flexibility index (Phi) is 5.58. The fourth-order valence-corrected chi connectivity index (χ4v) is 6.13. The van der Waals surface area contributed by atoms with E-state index >= 15 is 0 Å². The summed E-state index contributed by atoms with van der Waals surface area (Å²) in [7, 11) is 0. The smallest absolute Gasteiger partial charge is 0.341 e. The molecule has 0 radical (unpaired) electrons. The number of pyridine rings is 1. The highest BCUT2D eigenvalue weighted by Crippen LogP contribution is 2.44. The average molecular weight is 558 g/mol. The SMILES string of the molecule is c1ccc2c(c1)CNC2c1conc1OC(Oc1ccsn1)(c1nccc2ccccc12)c1[nH]cc2ccccc12. The lowest BCUT2D eigenvalue weighted by Crippen LogP contribution is -2.43. The summed E-state index contributed by atoms with van der Waals surface area (Å²) in [5.41, 5.74) is 4.36. The second-order valence-corrected chi connectivity index (χ2v) is 10.5. The molecule has 7 aromatic rings. The van der Waals surface area contributed by atoms with Crippen LogP contribution < -0.4 is 14.8 Å². The topological polar surface area (TPSA) is 98.1 Å². The number of nitrogens with zero attached hydrogens (tertiary/aromatic N) is 3. The summed E-state index contributed by atoms with van der Waals surface area (Å²) in [5, 5.41) is 13.6. The van der Waals surface area contributed by atoms with Crippen LogP contribution in [0.2, 0.25) is 0 Å². The van der Waals surface area contributed by atoms with E-state index in [-0.39, 0.29) is 6.04 Å². The van der Waals surface area contributed by atoms with Crippen molar-refractivity contribution in [3.05, 3.63) is 137 Å². The van der Waals surface area contributed by atoms with Gasteiger partial charge in [0.2, 0.25) is 5.88 Å². The van der Waals surface area contributed by atoms with Crippen LogP contribution in [0.1, 0.15) is 34.1 Å². The minimum Gasteiger partial charge on any atom is -0.423 e. The molecule has 2 atom stereocenters. The summed E-state index contributed by atoms with van der Waals surface area (Å²) < 4.78 is 23.9. The molecule has 8 rings (SSSR count). The molecular weight excluding hydrogens is 534 g/mol. The molecule has 0 fully saturated rings. The third kappa shape index (κ3) is 3.89. The summed E-state index contributed by atoms with van der Waals surface area (Å²) in [6, 6.07) is 28.0. The van der Waals surface area contributed by atoms with E-state index in [1.807, 2.05) is 84.4 Å². The minimum atomic E-state index is -1.61. The quantitative estimate of drug-likeness (QED) is 0.210. The molecule has 3 aromatic carbocycles. The van der Waals surface area contributed by atoms with Gasteiger partial charge in [0, 0.05) is 41.2 Å². The monoisotopic (exact) mass is 557 g/mol. The Hall–Kier alpha value is -4.99. The summed E-state index contributed by atoms with van der Waals surface area (Å²) in [4.78, 5) is 8.36. The van der Waals surface area contributed by atoms with Crippen LogP contribution >= 0.6 is 11.5 Å². The second kappa shape index (κ2) is 9.58. The lowest BCUT2D eigenvalue weighted by Gasteiger charge is -2.33. The molecule has 200 valence electrons. The van der Waals surface area contributed by atoms with Gasteiger partial charge in [-0.15, -0.1) is 0 Å². The van der Waals surface area contributed by atoms with Crippen LogP contribution in [0.15, 0.2) is 113 Å². The summed E-state index contributed by atoms with van der Waals surface area (Å²) in [5.74, 6) is -0.914. The highest BCUT2D eigenvalue weighted by atomic mass is 32.1. The number of hydrogen-bond donors (Lipinski definition) is 2. The molecule has 0 bridgehead atoms. The number of H-pyrrole nitrogens is 1. The fourth-order valence-electron chi connectivity index (χ4n) is 5.69. The van der Waals surface area contributed by atoms with Crippen LogP contribution in [0, 0.1) is 0 Å². The molecule has 2 unspecified atom stereocenters. The van der Waals surface area contributed by atoms with Crippen molar-refractivity contribution < 1.29 is 14.0 Å². The van der Waals surface area contributed by atoms with E-state index < -0.39 is 5.79 Å². The first-order chi connectivity index (χ1) is 20.3. The van der Waals surface area contributed by atoms with Crippen LogP contribution in [0.5, 0.6) is 11.8 Å². The molecule has 1 aliphatic heterocycles. The Labute approximate surface area is 238 Å². The van der Waals surface area contributed by atoms with E-state index in [0.717, 1.165) is 39.2 Å². The number of rotatable bonds is 7. The summed E-state index contributed by atoms with van der Waals surface area (Å²) >= 11 is 1.30. The average Bonchev–Trinajstić information content (AvgIpc) is 3.83. The van der Waals surface area contributed by atoms with E-state index in [0.29, 0.717) is 23.1 Å². The lowest BCUT2D eigenvalue weighted by molar-refractivity contribution is -0.0952. The Morgan fingerprint density at radius 1 is 0.854 bits per heavy atom. The fraction of sp³-hybridized carbons (Fsp3) is 0.0938. The van der Waals surface area contributed by atoms with Crippen LogP contribution in [-0.2, 0) is 12.3 Å². The maximum absolute atomic E-state index is 7.02.